The van der Waals surface area contributed by atoms with Crippen LogP contribution in [-0.2, 0) is 10.2 Å². The molecule has 7 nitrogen and oxygen atoms in total. The van der Waals surface area contributed by atoms with Crippen LogP contribution in [0.25, 0.3) is 22.4 Å². The van der Waals surface area contributed by atoms with E-state index in [0.29, 0.717) is 27.5 Å². The SMILES string of the molecule is CC(C)(C)c1ccc(-c2ccccc2C(=O)Nc2nc(-c3cccc(C(=O)N[C@H](C(=O)N4CCC(F)(F)C4)c4ccccc4)c3)cs2)cc1. The van der Waals surface area contributed by atoms with E-state index in [-0.39, 0.29) is 23.4 Å². The van der Waals surface area contributed by atoms with Crippen LogP contribution in [0.3, 0.4) is 0 Å². The summed E-state index contributed by atoms with van der Waals surface area (Å²) in [5.74, 6) is -4.37. The Morgan fingerprint density at radius 1 is 0.857 bits per heavy atom. The minimum atomic E-state index is -2.96. The Hall–Kier alpha value is -5.22. The molecule has 1 fully saturated rings. The number of hydrogen-bond donors (Lipinski definition) is 2. The van der Waals surface area contributed by atoms with Crippen LogP contribution in [0.5, 0.6) is 0 Å². The third-order valence-electron chi connectivity index (χ3n) is 8.52. The maximum absolute atomic E-state index is 13.9. The number of alkyl halides is 2. The molecule has 1 saturated heterocycles. The molecule has 1 aliphatic rings. The Kier molecular flexibility index (Phi) is 9.43. The smallest absolute Gasteiger partial charge is 0.267 e. The zero-order chi connectivity index (χ0) is 34.8. The van der Waals surface area contributed by atoms with E-state index in [1.165, 1.54) is 16.9 Å². The van der Waals surface area contributed by atoms with E-state index < -0.39 is 36.7 Å². The molecule has 2 N–H and O–H groups in total. The highest BCUT2D eigenvalue weighted by atomic mass is 32.1. The fourth-order valence-electron chi connectivity index (χ4n) is 5.78. The van der Waals surface area contributed by atoms with Gasteiger partial charge in [0.25, 0.3) is 17.7 Å². The van der Waals surface area contributed by atoms with Crippen molar-refractivity contribution in [1.29, 1.82) is 0 Å². The van der Waals surface area contributed by atoms with Gasteiger partial charge < -0.3 is 10.2 Å². The number of hydrogen-bond acceptors (Lipinski definition) is 5. The lowest BCUT2D eigenvalue weighted by Crippen LogP contribution is -2.42. The number of carbonyl (C=O) groups excluding carboxylic acids is 3. The predicted octanol–water partition coefficient (Wildman–Crippen LogP) is 8.37. The molecule has 0 unspecified atom stereocenters. The van der Waals surface area contributed by atoms with Gasteiger partial charge >= 0.3 is 0 Å². The average molecular weight is 679 g/mol. The van der Waals surface area contributed by atoms with Crippen LogP contribution in [0.1, 0.15) is 65.1 Å². The third kappa shape index (κ3) is 7.76. The van der Waals surface area contributed by atoms with Gasteiger partial charge in [0, 0.05) is 35.0 Å². The maximum Gasteiger partial charge on any atom is 0.267 e. The van der Waals surface area contributed by atoms with Crippen molar-refractivity contribution in [3.8, 4) is 22.4 Å². The highest BCUT2D eigenvalue weighted by molar-refractivity contribution is 7.14. The summed E-state index contributed by atoms with van der Waals surface area (Å²) >= 11 is 1.26. The molecule has 1 atom stereocenters. The highest BCUT2D eigenvalue weighted by Crippen LogP contribution is 2.32. The van der Waals surface area contributed by atoms with E-state index in [0.717, 1.165) is 16.0 Å². The van der Waals surface area contributed by atoms with Gasteiger partial charge in [-0.1, -0.05) is 106 Å². The summed E-state index contributed by atoms with van der Waals surface area (Å²) < 4.78 is 27.9. The standard InChI is InChI=1S/C39H36F2N4O3S/c1-38(2,3)29-18-16-25(17-19-29)30-14-7-8-15-31(30)35(47)44-37-42-32(23-49-37)27-12-9-13-28(22-27)34(46)43-33(26-10-5-4-6-11-26)36(48)45-21-20-39(40,41)24-45/h4-19,22-23,33H,20-21,24H2,1-3H3,(H,43,46)(H,42,44,47)/t33-/m0/s1. The molecular formula is C39H36F2N4O3S. The molecule has 6 rings (SSSR count). The molecule has 1 aromatic heterocycles. The minimum absolute atomic E-state index is 0.0149. The second-order valence-electron chi connectivity index (χ2n) is 13.1. The van der Waals surface area contributed by atoms with E-state index >= 15 is 0 Å². The Bertz CT molecular complexity index is 1990. The molecule has 0 spiro atoms. The first kappa shape index (κ1) is 33.7. The first-order valence-corrected chi connectivity index (χ1v) is 16.9. The minimum Gasteiger partial charge on any atom is -0.336 e. The normalized spacial score (nSPS) is 14.7. The topological polar surface area (TPSA) is 91.4 Å². The average Bonchev–Trinajstić information content (AvgIpc) is 3.72. The van der Waals surface area contributed by atoms with Gasteiger partial charge in [0.15, 0.2) is 5.13 Å². The monoisotopic (exact) mass is 678 g/mol. The van der Waals surface area contributed by atoms with Crippen LogP contribution in [-0.4, -0.2) is 46.6 Å². The van der Waals surface area contributed by atoms with E-state index in [4.69, 9.17) is 0 Å². The lowest BCUT2D eigenvalue weighted by atomic mass is 9.86. The van der Waals surface area contributed by atoms with Crippen molar-refractivity contribution in [2.24, 2.45) is 0 Å². The van der Waals surface area contributed by atoms with Gasteiger partial charge in [-0.15, -0.1) is 11.3 Å². The van der Waals surface area contributed by atoms with Crippen LogP contribution < -0.4 is 10.6 Å². The number of halogens is 2. The Labute approximate surface area is 288 Å². The molecule has 3 amide bonds. The Morgan fingerprint density at radius 3 is 2.27 bits per heavy atom. The first-order valence-electron chi connectivity index (χ1n) is 16.0. The largest absolute Gasteiger partial charge is 0.336 e. The van der Waals surface area contributed by atoms with E-state index in [2.05, 4.69) is 48.5 Å². The lowest BCUT2D eigenvalue weighted by molar-refractivity contribution is -0.133. The zero-order valence-electron chi connectivity index (χ0n) is 27.4. The number of nitrogens with zero attached hydrogens (tertiary/aromatic N) is 2. The Morgan fingerprint density at radius 2 is 1.57 bits per heavy atom. The summed E-state index contributed by atoms with van der Waals surface area (Å²) in [7, 11) is 0. The zero-order valence-corrected chi connectivity index (χ0v) is 28.2. The summed E-state index contributed by atoms with van der Waals surface area (Å²) in [5, 5.41) is 7.85. The van der Waals surface area contributed by atoms with Crippen molar-refractivity contribution in [3.05, 3.63) is 131 Å². The van der Waals surface area contributed by atoms with Crippen molar-refractivity contribution < 1.29 is 23.2 Å². The summed E-state index contributed by atoms with van der Waals surface area (Å²) in [6, 6.07) is 29.8. The summed E-state index contributed by atoms with van der Waals surface area (Å²) in [4.78, 5) is 46.0. The van der Waals surface area contributed by atoms with Crippen LogP contribution in [0.15, 0.2) is 109 Å². The van der Waals surface area contributed by atoms with Gasteiger partial charge in [-0.05, 0) is 45.9 Å². The van der Waals surface area contributed by atoms with E-state index in [9.17, 15) is 23.2 Å². The lowest BCUT2D eigenvalue weighted by Gasteiger charge is -2.24. The molecule has 10 heteroatoms. The van der Waals surface area contributed by atoms with Gasteiger partial charge in [0.05, 0.1) is 12.2 Å². The van der Waals surface area contributed by atoms with Gasteiger partial charge in [-0.2, -0.15) is 0 Å². The van der Waals surface area contributed by atoms with Crippen molar-refractivity contribution in [2.75, 3.05) is 18.4 Å². The highest BCUT2D eigenvalue weighted by Gasteiger charge is 2.42. The first-order chi connectivity index (χ1) is 23.4. The number of likely N-dealkylation sites (tertiary alicyclic amines) is 1. The van der Waals surface area contributed by atoms with Crippen molar-refractivity contribution in [3.63, 3.8) is 0 Å². The molecule has 2 heterocycles. The number of amides is 3. The molecular weight excluding hydrogens is 643 g/mol. The van der Waals surface area contributed by atoms with Crippen LogP contribution in [0.4, 0.5) is 13.9 Å². The summed E-state index contributed by atoms with van der Waals surface area (Å²) in [6.45, 7) is 5.71. The molecule has 0 radical (unpaired) electrons. The second-order valence-corrected chi connectivity index (χ2v) is 14.0. The number of rotatable bonds is 8. The molecule has 0 bridgehead atoms. The van der Waals surface area contributed by atoms with Gasteiger partial charge in [-0.3, -0.25) is 19.7 Å². The van der Waals surface area contributed by atoms with Crippen molar-refractivity contribution in [1.82, 2.24) is 15.2 Å². The fraction of sp³-hybridized carbons (Fsp3) is 0.231. The second kappa shape index (κ2) is 13.7. The van der Waals surface area contributed by atoms with Crippen LogP contribution >= 0.6 is 11.3 Å². The third-order valence-corrected chi connectivity index (χ3v) is 9.27. The number of carbonyl (C=O) groups is 3. The molecule has 0 saturated carbocycles. The molecule has 4 aromatic carbocycles. The number of anilines is 1. The molecule has 49 heavy (non-hydrogen) atoms. The van der Waals surface area contributed by atoms with Gasteiger partial charge in [0.2, 0.25) is 5.91 Å². The fourth-order valence-corrected chi connectivity index (χ4v) is 6.50. The van der Waals surface area contributed by atoms with Crippen molar-refractivity contribution in [2.45, 2.75) is 44.6 Å². The quantitative estimate of drug-likeness (QED) is 0.173. The molecule has 250 valence electrons. The number of nitrogens with one attached hydrogen (secondary N) is 2. The van der Waals surface area contributed by atoms with Gasteiger partial charge in [-0.25, -0.2) is 13.8 Å². The van der Waals surface area contributed by atoms with Crippen LogP contribution in [0.2, 0.25) is 0 Å². The summed E-state index contributed by atoms with van der Waals surface area (Å²) in [5.41, 5.74) is 5.42. The molecule has 1 aliphatic heterocycles. The van der Waals surface area contributed by atoms with E-state index in [1.807, 2.05) is 30.3 Å². The number of aromatic nitrogens is 1. The van der Waals surface area contributed by atoms with Crippen molar-refractivity contribution >= 4 is 34.2 Å². The molecule has 0 aliphatic carbocycles. The summed E-state index contributed by atoms with van der Waals surface area (Å²) in [6.07, 6.45) is -0.412. The predicted molar refractivity (Wildman–Crippen MR) is 189 cm³/mol. The molecule has 5 aromatic rings. The number of benzene rings is 4. The van der Waals surface area contributed by atoms with Gasteiger partial charge in [0.1, 0.15) is 6.04 Å². The van der Waals surface area contributed by atoms with E-state index in [1.54, 1.807) is 66.0 Å². The Balaban J connectivity index is 1.17. The van der Waals surface area contributed by atoms with Crippen LogP contribution in [0, 0.1) is 0 Å². The number of thiazole rings is 1. The maximum atomic E-state index is 13.9.